The van der Waals surface area contributed by atoms with Crippen molar-refractivity contribution in [2.45, 2.75) is 15.3 Å². The lowest BCUT2D eigenvalue weighted by molar-refractivity contribution is -0.269. The summed E-state index contributed by atoms with van der Waals surface area (Å²) in [5.41, 5.74) is -5.23. The third-order valence-corrected chi connectivity index (χ3v) is 5.02. The molecule has 2 aromatic carbocycles. The molecule has 0 spiro atoms. The highest BCUT2D eigenvalue weighted by atomic mass is 32.2. The fourth-order valence-corrected chi connectivity index (χ4v) is 3.92. The van der Waals surface area contributed by atoms with Crippen molar-refractivity contribution in [3.8, 4) is 17.2 Å². The number of para-hydroxylation sites is 1. The van der Waals surface area contributed by atoms with Crippen LogP contribution in [-0.2, 0) is 10.9 Å². The normalized spacial score (nSPS) is 16.4. The van der Waals surface area contributed by atoms with E-state index in [0.29, 0.717) is 6.07 Å². The zero-order valence-electron chi connectivity index (χ0n) is 10.7. The van der Waals surface area contributed by atoms with Crippen LogP contribution in [-0.4, -0.2) is 16.6 Å². The van der Waals surface area contributed by atoms with E-state index in [1.807, 2.05) is 0 Å². The van der Waals surface area contributed by atoms with E-state index in [9.17, 15) is 23.1 Å². The minimum absolute atomic E-state index is 0.00523. The van der Waals surface area contributed by atoms with E-state index in [-0.39, 0.29) is 21.3 Å². The van der Waals surface area contributed by atoms with Gasteiger partial charge in [-0.3, -0.25) is 0 Å². The molecule has 0 saturated carbocycles. The molecule has 0 bridgehead atoms. The molecule has 4 nitrogen and oxygen atoms in total. The third kappa shape index (κ3) is 2.25. The number of carbonyl (C=O) groups is 1. The van der Waals surface area contributed by atoms with Gasteiger partial charge in [0.05, 0.1) is 5.56 Å². The zero-order valence-corrected chi connectivity index (χ0v) is 11.5. The summed E-state index contributed by atoms with van der Waals surface area (Å²) in [6, 6.07) is 7.16. The highest BCUT2D eigenvalue weighted by Crippen LogP contribution is 2.51. The van der Waals surface area contributed by atoms with Crippen LogP contribution < -0.4 is 9.84 Å². The van der Waals surface area contributed by atoms with Gasteiger partial charge < -0.3 is 14.9 Å². The van der Waals surface area contributed by atoms with E-state index in [4.69, 9.17) is 9.84 Å². The summed E-state index contributed by atoms with van der Waals surface area (Å²) in [7, 11) is -2.36. The van der Waals surface area contributed by atoms with Gasteiger partial charge in [-0.1, -0.05) is 17.9 Å². The summed E-state index contributed by atoms with van der Waals surface area (Å²) < 4.78 is 45.6. The van der Waals surface area contributed by atoms with Gasteiger partial charge in [-0.05, 0) is 24.3 Å². The number of carboxylic acid groups (broad SMARTS) is 1. The summed E-state index contributed by atoms with van der Waals surface area (Å²) in [4.78, 5) is 10.5. The Kier molecular flexibility index (Phi) is 3.21. The number of aromatic carboxylic acids is 1. The van der Waals surface area contributed by atoms with Crippen molar-refractivity contribution in [2.75, 3.05) is 0 Å². The number of rotatable bonds is 1. The van der Waals surface area contributed by atoms with Gasteiger partial charge in [0.15, 0.2) is 22.4 Å². The van der Waals surface area contributed by atoms with Crippen LogP contribution in [0.5, 0.6) is 17.2 Å². The molecule has 1 N–H and O–H groups in total. The van der Waals surface area contributed by atoms with Crippen LogP contribution in [0.4, 0.5) is 13.2 Å². The Morgan fingerprint density at radius 3 is 2.45 bits per heavy atom. The number of benzene rings is 2. The standard InChI is InChI=1S/C14H7F3O4S/c15-14(16,17)22-11-4-2-1-3-9(11)21-10-5-7(13(19)20)8(18)6-12(10)22/h1-6H,(H-,18,19,20). The smallest absolute Gasteiger partial charge is 0.586 e. The average Bonchev–Trinajstić information content (AvgIpc) is 2.42. The van der Waals surface area contributed by atoms with Gasteiger partial charge in [0.25, 0.3) is 0 Å². The van der Waals surface area contributed by atoms with Gasteiger partial charge in [0.1, 0.15) is 0 Å². The van der Waals surface area contributed by atoms with Crippen LogP contribution in [0.3, 0.4) is 0 Å². The van der Waals surface area contributed by atoms with Crippen molar-refractivity contribution in [1.29, 1.82) is 0 Å². The predicted octanol–water partition coefficient (Wildman–Crippen LogP) is 3.12. The van der Waals surface area contributed by atoms with Gasteiger partial charge in [0, 0.05) is 0 Å². The van der Waals surface area contributed by atoms with Crippen LogP contribution in [0.1, 0.15) is 10.4 Å². The maximum absolute atomic E-state index is 13.4. The second-order valence-electron chi connectivity index (χ2n) is 4.40. The lowest BCUT2D eigenvalue weighted by Gasteiger charge is -2.23. The molecular formula is C14H7F3O4S. The maximum Gasteiger partial charge on any atom is 0.586 e. The fourth-order valence-electron chi connectivity index (χ4n) is 2.14. The van der Waals surface area contributed by atoms with Gasteiger partial charge in [0.2, 0.25) is 9.79 Å². The first-order chi connectivity index (χ1) is 10.3. The molecule has 3 rings (SSSR count). The Morgan fingerprint density at radius 1 is 1.14 bits per heavy atom. The Morgan fingerprint density at radius 2 is 1.82 bits per heavy atom. The monoisotopic (exact) mass is 328 g/mol. The summed E-state index contributed by atoms with van der Waals surface area (Å²) in [6.45, 7) is 0. The molecule has 1 heterocycles. The number of hydrogen-bond donors (Lipinski definition) is 1. The molecule has 0 fully saturated rings. The SMILES string of the molecule is O=C(O)c1cc2c(cc1[O-])[S+](C(F)(F)F)c1ccccc1O2. The molecule has 0 amide bonds. The summed E-state index contributed by atoms with van der Waals surface area (Å²) in [6.07, 6.45) is 0. The molecule has 22 heavy (non-hydrogen) atoms. The minimum atomic E-state index is -4.61. The van der Waals surface area contributed by atoms with Gasteiger partial charge >= 0.3 is 11.5 Å². The summed E-state index contributed by atoms with van der Waals surface area (Å²) >= 11 is 0. The molecule has 1 atom stereocenters. The fraction of sp³-hybridized carbons (Fsp3) is 0.0714. The van der Waals surface area contributed by atoms with Crippen molar-refractivity contribution in [2.24, 2.45) is 0 Å². The van der Waals surface area contributed by atoms with Crippen LogP contribution in [0.25, 0.3) is 0 Å². The van der Waals surface area contributed by atoms with E-state index in [1.165, 1.54) is 24.3 Å². The Balaban J connectivity index is 2.26. The number of alkyl halides is 3. The molecule has 114 valence electrons. The van der Waals surface area contributed by atoms with Crippen LogP contribution in [0.2, 0.25) is 0 Å². The second-order valence-corrected chi connectivity index (χ2v) is 6.36. The number of fused-ring (bicyclic) bond motifs is 2. The van der Waals surface area contributed by atoms with E-state index in [1.54, 1.807) is 0 Å². The molecule has 0 aromatic heterocycles. The number of ether oxygens (including phenoxy) is 1. The summed E-state index contributed by atoms with van der Waals surface area (Å²) in [5, 5.41) is 20.6. The molecule has 2 aromatic rings. The predicted molar refractivity (Wildman–Crippen MR) is 69.3 cm³/mol. The lowest BCUT2D eigenvalue weighted by atomic mass is 10.2. The first kappa shape index (κ1) is 14.6. The van der Waals surface area contributed by atoms with Crippen molar-refractivity contribution < 1.29 is 32.9 Å². The Bertz CT molecular complexity index is 773. The highest BCUT2D eigenvalue weighted by molar-refractivity contribution is 7.98. The molecule has 8 heteroatoms. The Labute approximate surface area is 125 Å². The molecule has 0 aliphatic carbocycles. The first-order valence-corrected chi connectivity index (χ1v) is 7.18. The van der Waals surface area contributed by atoms with E-state index < -0.39 is 33.7 Å². The molecule has 0 radical (unpaired) electrons. The topological polar surface area (TPSA) is 69.6 Å². The van der Waals surface area contributed by atoms with Crippen molar-refractivity contribution in [3.05, 3.63) is 42.0 Å². The summed E-state index contributed by atoms with van der Waals surface area (Å²) in [5.74, 6) is -2.74. The molecule has 1 aliphatic heterocycles. The number of hydrogen-bond acceptors (Lipinski definition) is 3. The van der Waals surface area contributed by atoms with Gasteiger partial charge in [-0.2, -0.15) is 0 Å². The first-order valence-electron chi connectivity index (χ1n) is 5.95. The maximum atomic E-state index is 13.4. The molecule has 1 unspecified atom stereocenters. The molecule has 0 saturated heterocycles. The quantitative estimate of drug-likeness (QED) is 0.817. The zero-order chi connectivity index (χ0) is 16.1. The van der Waals surface area contributed by atoms with Crippen molar-refractivity contribution in [1.82, 2.24) is 0 Å². The van der Waals surface area contributed by atoms with E-state index in [0.717, 1.165) is 6.07 Å². The van der Waals surface area contributed by atoms with E-state index in [2.05, 4.69) is 0 Å². The third-order valence-electron chi connectivity index (χ3n) is 3.02. The lowest BCUT2D eigenvalue weighted by Crippen LogP contribution is -2.27. The second kappa shape index (κ2) is 4.84. The molecular weight excluding hydrogens is 321 g/mol. The van der Waals surface area contributed by atoms with Gasteiger partial charge in [-0.15, -0.1) is 13.2 Å². The molecule has 1 aliphatic rings. The van der Waals surface area contributed by atoms with Crippen LogP contribution in [0, 0.1) is 0 Å². The highest BCUT2D eigenvalue weighted by Gasteiger charge is 2.59. The largest absolute Gasteiger partial charge is 0.872 e. The van der Waals surface area contributed by atoms with Gasteiger partial charge in [-0.25, -0.2) is 4.79 Å². The average molecular weight is 328 g/mol. The van der Waals surface area contributed by atoms with Crippen LogP contribution >= 0.6 is 0 Å². The Hall–Kier alpha value is -2.35. The number of carboxylic acids is 1. The van der Waals surface area contributed by atoms with Crippen LogP contribution in [0.15, 0.2) is 46.2 Å². The minimum Gasteiger partial charge on any atom is -0.872 e. The van der Waals surface area contributed by atoms with Crippen molar-refractivity contribution in [3.63, 3.8) is 0 Å². The van der Waals surface area contributed by atoms with E-state index >= 15 is 0 Å². The van der Waals surface area contributed by atoms with Crippen molar-refractivity contribution >= 4 is 16.9 Å². The number of halogens is 3.